The van der Waals surface area contributed by atoms with Gasteiger partial charge in [0.15, 0.2) is 17.4 Å². The topological polar surface area (TPSA) is 103 Å². The summed E-state index contributed by atoms with van der Waals surface area (Å²) in [6, 6.07) is 4.84. The molecule has 33 heavy (non-hydrogen) atoms. The van der Waals surface area contributed by atoms with Crippen LogP contribution in [0.25, 0.3) is 11.0 Å². The molecule has 0 radical (unpaired) electrons. The number of fused-ring (bicyclic) bond motifs is 1. The first-order chi connectivity index (χ1) is 16.0. The Labute approximate surface area is 206 Å². The maximum atomic E-state index is 12.2. The van der Waals surface area contributed by atoms with Gasteiger partial charge in [0.05, 0.1) is 29.8 Å². The predicted octanol–water partition coefficient (Wildman–Crippen LogP) is 3.89. The molecule has 3 rings (SSSR count). The standard InChI is InChI=1S/C21H26Cl2N6O3S/c1-3-10-33-21-27-19(25-7-9-31-2)15-12-26-29(20(15)28-21)8-6-24-18(30)13-32-17-5-4-14(22)11-16(17)23/h4-5,11-12H,3,6-10,13H2,1-2H3,(H,24,30)(H,25,27,28). The van der Waals surface area contributed by atoms with Gasteiger partial charge >= 0.3 is 0 Å². The largest absolute Gasteiger partial charge is 0.482 e. The van der Waals surface area contributed by atoms with E-state index in [1.54, 1.807) is 47.9 Å². The summed E-state index contributed by atoms with van der Waals surface area (Å²) in [5, 5.41) is 12.9. The van der Waals surface area contributed by atoms with Gasteiger partial charge in [0.1, 0.15) is 11.6 Å². The molecule has 0 unspecified atom stereocenters. The highest BCUT2D eigenvalue weighted by Crippen LogP contribution is 2.27. The molecular weight excluding hydrogens is 487 g/mol. The van der Waals surface area contributed by atoms with Crippen molar-refractivity contribution in [3.05, 3.63) is 34.4 Å². The van der Waals surface area contributed by atoms with Gasteiger partial charge in [-0.15, -0.1) is 0 Å². The molecule has 9 nitrogen and oxygen atoms in total. The van der Waals surface area contributed by atoms with Crippen molar-refractivity contribution in [1.82, 2.24) is 25.1 Å². The monoisotopic (exact) mass is 512 g/mol. The number of ether oxygens (including phenoxy) is 2. The molecule has 0 spiro atoms. The van der Waals surface area contributed by atoms with E-state index >= 15 is 0 Å². The second-order valence-corrected chi connectivity index (χ2v) is 8.85. The van der Waals surface area contributed by atoms with Crippen LogP contribution >= 0.6 is 35.0 Å². The number of hydrogen-bond acceptors (Lipinski definition) is 8. The van der Waals surface area contributed by atoms with Crippen molar-refractivity contribution in [3.63, 3.8) is 0 Å². The van der Waals surface area contributed by atoms with Crippen molar-refractivity contribution in [2.24, 2.45) is 0 Å². The number of amides is 1. The lowest BCUT2D eigenvalue weighted by atomic mass is 10.3. The van der Waals surface area contributed by atoms with Crippen LogP contribution in [0.4, 0.5) is 5.82 Å². The molecule has 0 aliphatic rings. The van der Waals surface area contributed by atoms with Gasteiger partial charge in [-0.3, -0.25) is 4.79 Å². The number of nitrogens with one attached hydrogen (secondary N) is 2. The average molecular weight is 513 g/mol. The number of benzene rings is 1. The molecule has 2 N–H and O–H groups in total. The Morgan fingerprint density at radius 3 is 2.85 bits per heavy atom. The molecule has 0 saturated carbocycles. The summed E-state index contributed by atoms with van der Waals surface area (Å²) in [5.74, 6) is 1.77. The lowest BCUT2D eigenvalue weighted by Gasteiger charge is -2.10. The normalized spacial score (nSPS) is 11.0. The van der Waals surface area contributed by atoms with Crippen molar-refractivity contribution in [2.75, 3.05) is 44.5 Å². The van der Waals surface area contributed by atoms with Crippen molar-refractivity contribution >= 4 is 57.7 Å². The van der Waals surface area contributed by atoms with Gasteiger partial charge < -0.3 is 20.1 Å². The summed E-state index contributed by atoms with van der Waals surface area (Å²) in [5.41, 5.74) is 0.710. The minimum atomic E-state index is -0.270. The van der Waals surface area contributed by atoms with E-state index in [0.717, 1.165) is 23.4 Å². The SMILES string of the molecule is CCCSc1nc(NCCOC)c2cnn(CCNC(=O)COc3ccc(Cl)cc3Cl)c2n1. The van der Waals surface area contributed by atoms with Gasteiger partial charge in [0, 0.05) is 31.0 Å². The highest BCUT2D eigenvalue weighted by Gasteiger charge is 2.14. The molecular formula is C21H26Cl2N6O3S. The second kappa shape index (κ2) is 12.8. The zero-order valence-corrected chi connectivity index (χ0v) is 20.8. The maximum absolute atomic E-state index is 12.2. The Bertz CT molecular complexity index is 1080. The number of thioether (sulfide) groups is 1. The van der Waals surface area contributed by atoms with Crippen LogP contribution in [0, 0.1) is 0 Å². The fraction of sp³-hybridized carbons (Fsp3) is 0.429. The van der Waals surface area contributed by atoms with E-state index in [9.17, 15) is 4.79 Å². The van der Waals surface area contributed by atoms with Crippen molar-refractivity contribution in [3.8, 4) is 5.75 Å². The van der Waals surface area contributed by atoms with E-state index in [1.165, 1.54) is 0 Å². The first kappa shape index (κ1) is 25.4. The molecule has 12 heteroatoms. The quantitative estimate of drug-likeness (QED) is 0.202. The summed E-state index contributed by atoms with van der Waals surface area (Å²) in [7, 11) is 1.65. The number of halogens is 2. The van der Waals surface area contributed by atoms with Crippen LogP contribution < -0.4 is 15.4 Å². The number of rotatable bonds is 13. The van der Waals surface area contributed by atoms with E-state index < -0.39 is 0 Å². The molecule has 0 saturated heterocycles. The Hall–Kier alpha value is -2.27. The van der Waals surface area contributed by atoms with Gasteiger partial charge in [-0.05, 0) is 24.6 Å². The van der Waals surface area contributed by atoms with Crippen LogP contribution in [0.3, 0.4) is 0 Å². The van der Waals surface area contributed by atoms with Crippen molar-refractivity contribution in [2.45, 2.75) is 25.0 Å². The third kappa shape index (κ3) is 7.36. The molecule has 2 heterocycles. The van der Waals surface area contributed by atoms with Crippen molar-refractivity contribution < 1.29 is 14.3 Å². The molecule has 0 aliphatic heterocycles. The molecule has 178 valence electrons. The van der Waals surface area contributed by atoms with Gasteiger partial charge in [0.2, 0.25) is 0 Å². The van der Waals surface area contributed by atoms with E-state index in [2.05, 4.69) is 32.6 Å². The van der Waals surface area contributed by atoms with E-state index in [0.29, 0.717) is 52.8 Å². The number of anilines is 1. The molecule has 0 fully saturated rings. The van der Waals surface area contributed by atoms with Crippen LogP contribution in [0.1, 0.15) is 13.3 Å². The molecule has 3 aromatic rings. The third-order valence-electron chi connectivity index (χ3n) is 4.41. The highest BCUT2D eigenvalue weighted by atomic mass is 35.5. The fourth-order valence-electron chi connectivity index (χ4n) is 2.85. The first-order valence-electron chi connectivity index (χ1n) is 10.5. The zero-order chi connectivity index (χ0) is 23.6. The number of methoxy groups -OCH3 is 1. The van der Waals surface area contributed by atoms with Crippen LogP contribution in [0.5, 0.6) is 5.75 Å². The zero-order valence-electron chi connectivity index (χ0n) is 18.4. The molecule has 0 bridgehead atoms. The molecule has 0 atom stereocenters. The summed E-state index contributed by atoms with van der Waals surface area (Å²) in [6.45, 7) is 3.95. The van der Waals surface area contributed by atoms with Gasteiger partial charge in [-0.1, -0.05) is 41.9 Å². The molecule has 2 aromatic heterocycles. The summed E-state index contributed by atoms with van der Waals surface area (Å²) < 4.78 is 12.3. The second-order valence-electron chi connectivity index (χ2n) is 6.94. The van der Waals surface area contributed by atoms with E-state index in [4.69, 9.17) is 32.7 Å². The molecule has 1 amide bonds. The lowest BCUT2D eigenvalue weighted by molar-refractivity contribution is -0.123. The summed E-state index contributed by atoms with van der Waals surface area (Å²) in [6.07, 6.45) is 2.75. The average Bonchev–Trinajstić information content (AvgIpc) is 3.20. The van der Waals surface area contributed by atoms with Gasteiger partial charge in [-0.2, -0.15) is 5.10 Å². The Balaban J connectivity index is 1.60. The predicted molar refractivity (Wildman–Crippen MR) is 132 cm³/mol. The van der Waals surface area contributed by atoms with Crippen LogP contribution in [0.15, 0.2) is 29.6 Å². The molecule has 1 aromatic carbocycles. The summed E-state index contributed by atoms with van der Waals surface area (Å²) in [4.78, 5) is 21.5. The van der Waals surface area contributed by atoms with E-state index in [1.807, 2.05) is 0 Å². The fourth-order valence-corrected chi connectivity index (χ4v) is 4.01. The minimum Gasteiger partial charge on any atom is -0.482 e. The number of aromatic nitrogens is 4. The molecule has 0 aliphatic carbocycles. The Morgan fingerprint density at radius 2 is 2.09 bits per heavy atom. The minimum absolute atomic E-state index is 0.158. The van der Waals surface area contributed by atoms with Gasteiger partial charge in [-0.25, -0.2) is 14.6 Å². The number of hydrogen-bond donors (Lipinski definition) is 2. The maximum Gasteiger partial charge on any atom is 0.258 e. The Morgan fingerprint density at radius 1 is 1.24 bits per heavy atom. The third-order valence-corrected chi connectivity index (χ3v) is 5.99. The number of nitrogens with zero attached hydrogens (tertiary/aromatic N) is 4. The van der Waals surface area contributed by atoms with E-state index in [-0.39, 0.29) is 12.5 Å². The van der Waals surface area contributed by atoms with Crippen molar-refractivity contribution in [1.29, 1.82) is 0 Å². The summed E-state index contributed by atoms with van der Waals surface area (Å²) >= 11 is 13.5. The highest BCUT2D eigenvalue weighted by molar-refractivity contribution is 7.99. The van der Waals surface area contributed by atoms with Crippen LogP contribution in [0.2, 0.25) is 10.0 Å². The number of carbonyl (C=O) groups is 1. The Kier molecular flexibility index (Phi) is 9.86. The lowest BCUT2D eigenvalue weighted by Crippen LogP contribution is -2.31. The first-order valence-corrected chi connectivity index (χ1v) is 12.2. The smallest absolute Gasteiger partial charge is 0.258 e. The number of carbonyl (C=O) groups excluding carboxylic acids is 1. The van der Waals surface area contributed by atoms with Crippen LogP contribution in [-0.4, -0.2) is 64.8 Å². The van der Waals surface area contributed by atoms with Gasteiger partial charge in [0.25, 0.3) is 5.91 Å². The van der Waals surface area contributed by atoms with Crippen LogP contribution in [-0.2, 0) is 16.1 Å².